The van der Waals surface area contributed by atoms with Gasteiger partial charge in [-0.3, -0.25) is 4.79 Å². The average molecular weight is 390 g/mol. The first-order valence-electron chi connectivity index (χ1n) is 8.91. The van der Waals surface area contributed by atoms with Gasteiger partial charge in [0.1, 0.15) is 5.75 Å². The molecule has 27 heavy (non-hydrogen) atoms. The van der Waals surface area contributed by atoms with Crippen LogP contribution in [0.1, 0.15) is 5.56 Å². The summed E-state index contributed by atoms with van der Waals surface area (Å²) in [6.07, 6.45) is 0. The molecule has 6 nitrogen and oxygen atoms in total. The maximum absolute atomic E-state index is 12.6. The molecule has 0 bridgehead atoms. The third-order valence-corrected chi connectivity index (χ3v) is 4.83. The van der Waals surface area contributed by atoms with Gasteiger partial charge in [0.25, 0.3) is 5.91 Å². The van der Waals surface area contributed by atoms with E-state index in [9.17, 15) is 4.79 Å². The van der Waals surface area contributed by atoms with Gasteiger partial charge in [0, 0.05) is 38.3 Å². The van der Waals surface area contributed by atoms with Gasteiger partial charge in [0.05, 0.1) is 25.0 Å². The Morgan fingerprint density at radius 2 is 1.81 bits per heavy atom. The molecule has 2 aliphatic heterocycles. The smallest absolute Gasteiger partial charge is 0.265 e. The number of rotatable bonds is 4. The van der Waals surface area contributed by atoms with Crippen molar-refractivity contribution in [3.63, 3.8) is 0 Å². The van der Waals surface area contributed by atoms with Gasteiger partial charge in [0.15, 0.2) is 12.4 Å². The Kier molecular flexibility index (Phi) is 6.08. The zero-order valence-corrected chi connectivity index (χ0v) is 16.1. The Balaban J connectivity index is 0.00000210. The summed E-state index contributed by atoms with van der Waals surface area (Å²) in [5, 5.41) is 3.36. The third-order valence-electron chi connectivity index (χ3n) is 4.83. The van der Waals surface area contributed by atoms with Crippen molar-refractivity contribution in [1.29, 1.82) is 0 Å². The fourth-order valence-corrected chi connectivity index (χ4v) is 3.47. The number of carbonyl (C=O) groups is 1. The van der Waals surface area contributed by atoms with Crippen LogP contribution in [0.2, 0.25) is 0 Å². The Hall–Kier alpha value is -2.44. The number of piperazine rings is 1. The second kappa shape index (κ2) is 8.50. The van der Waals surface area contributed by atoms with Gasteiger partial charge in [-0.2, -0.15) is 0 Å². The molecule has 1 amide bonds. The lowest BCUT2D eigenvalue weighted by Gasteiger charge is -2.36. The van der Waals surface area contributed by atoms with Crippen LogP contribution in [-0.4, -0.2) is 45.8 Å². The molecule has 0 spiro atoms. The Labute approximate surface area is 165 Å². The SMILES string of the molecule is COc1cc(N2CCNCC2)c2c(c1)N(Cc1ccccc1)C(=O)CO2.Cl. The van der Waals surface area contributed by atoms with Crippen LogP contribution in [0, 0.1) is 0 Å². The van der Waals surface area contributed by atoms with Crippen LogP contribution in [0.5, 0.6) is 11.5 Å². The maximum atomic E-state index is 12.6. The van der Waals surface area contributed by atoms with Gasteiger partial charge in [-0.05, 0) is 5.56 Å². The van der Waals surface area contributed by atoms with Crippen molar-refractivity contribution in [1.82, 2.24) is 5.32 Å². The van der Waals surface area contributed by atoms with Crippen LogP contribution in [0.15, 0.2) is 42.5 Å². The first kappa shape index (κ1) is 19.3. The van der Waals surface area contributed by atoms with Crippen molar-refractivity contribution in [3.8, 4) is 11.5 Å². The molecule has 2 aromatic rings. The highest BCUT2D eigenvalue weighted by molar-refractivity contribution is 5.99. The summed E-state index contributed by atoms with van der Waals surface area (Å²) in [5.74, 6) is 1.46. The van der Waals surface area contributed by atoms with Crippen LogP contribution >= 0.6 is 12.4 Å². The molecule has 1 saturated heterocycles. The molecule has 0 saturated carbocycles. The highest BCUT2D eigenvalue weighted by Crippen LogP contribution is 2.44. The van der Waals surface area contributed by atoms with Crippen LogP contribution in [-0.2, 0) is 11.3 Å². The van der Waals surface area contributed by atoms with Gasteiger partial charge in [-0.15, -0.1) is 12.4 Å². The normalized spacial score (nSPS) is 16.3. The molecule has 144 valence electrons. The molecule has 7 heteroatoms. The average Bonchev–Trinajstić information content (AvgIpc) is 2.70. The fraction of sp³-hybridized carbons (Fsp3) is 0.350. The minimum absolute atomic E-state index is 0. The fourth-order valence-electron chi connectivity index (χ4n) is 3.47. The van der Waals surface area contributed by atoms with E-state index in [0.717, 1.165) is 54.6 Å². The zero-order valence-electron chi connectivity index (χ0n) is 15.3. The monoisotopic (exact) mass is 389 g/mol. The number of ether oxygens (including phenoxy) is 2. The first-order valence-corrected chi connectivity index (χ1v) is 8.91. The summed E-state index contributed by atoms with van der Waals surface area (Å²) >= 11 is 0. The lowest BCUT2D eigenvalue weighted by atomic mass is 10.1. The van der Waals surface area contributed by atoms with E-state index in [4.69, 9.17) is 9.47 Å². The second-order valence-electron chi connectivity index (χ2n) is 6.49. The van der Waals surface area contributed by atoms with E-state index >= 15 is 0 Å². The summed E-state index contributed by atoms with van der Waals surface area (Å²) < 4.78 is 11.4. The molecule has 0 aliphatic carbocycles. The van der Waals surface area contributed by atoms with E-state index in [-0.39, 0.29) is 24.9 Å². The Bertz CT molecular complexity index is 795. The molecule has 2 heterocycles. The van der Waals surface area contributed by atoms with E-state index < -0.39 is 0 Å². The van der Waals surface area contributed by atoms with Crippen LogP contribution < -0.4 is 24.6 Å². The van der Waals surface area contributed by atoms with E-state index in [1.54, 1.807) is 12.0 Å². The summed E-state index contributed by atoms with van der Waals surface area (Å²) in [5.41, 5.74) is 2.85. The van der Waals surface area contributed by atoms with Crippen molar-refractivity contribution in [3.05, 3.63) is 48.0 Å². The second-order valence-corrected chi connectivity index (χ2v) is 6.49. The summed E-state index contributed by atoms with van der Waals surface area (Å²) in [4.78, 5) is 16.7. The lowest BCUT2D eigenvalue weighted by molar-refractivity contribution is -0.121. The number of hydrogen-bond acceptors (Lipinski definition) is 5. The van der Waals surface area contributed by atoms with E-state index in [2.05, 4.69) is 10.2 Å². The topological polar surface area (TPSA) is 54.0 Å². The molecule has 1 N–H and O–H groups in total. The molecule has 0 aromatic heterocycles. The zero-order chi connectivity index (χ0) is 17.9. The van der Waals surface area contributed by atoms with Gasteiger partial charge in [0.2, 0.25) is 0 Å². The summed E-state index contributed by atoms with van der Waals surface area (Å²) in [7, 11) is 1.65. The predicted molar refractivity (Wildman–Crippen MR) is 108 cm³/mol. The number of hydrogen-bond donors (Lipinski definition) is 1. The largest absolute Gasteiger partial charge is 0.497 e. The molecular formula is C20H24ClN3O3. The number of carbonyl (C=O) groups excluding carboxylic acids is 1. The van der Waals surface area contributed by atoms with Crippen LogP contribution in [0.3, 0.4) is 0 Å². The van der Waals surface area contributed by atoms with E-state index in [1.165, 1.54) is 0 Å². The standard InChI is InChI=1S/C20H23N3O3.ClH/c1-25-16-11-17(22-9-7-21-8-10-22)20-18(12-16)23(19(24)14-26-20)13-15-5-3-2-4-6-15;/h2-6,11-12,21H,7-10,13-14H2,1H3;1H. The summed E-state index contributed by atoms with van der Waals surface area (Å²) in [6.45, 7) is 4.23. The molecule has 0 unspecified atom stereocenters. The molecule has 1 fully saturated rings. The molecule has 0 atom stereocenters. The van der Waals surface area contributed by atoms with Gasteiger partial charge >= 0.3 is 0 Å². The number of fused-ring (bicyclic) bond motifs is 1. The number of methoxy groups -OCH3 is 1. The van der Waals surface area contributed by atoms with Crippen molar-refractivity contribution in [2.75, 3.05) is 49.7 Å². The number of halogens is 1. The molecule has 0 radical (unpaired) electrons. The van der Waals surface area contributed by atoms with Gasteiger partial charge in [-0.25, -0.2) is 0 Å². The van der Waals surface area contributed by atoms with Crippen LogP contribution in [0.25, 0.3) is 0 Å². The highest BCUT2D eigenvalue weighted by Gasteiger charge is 2.30. The predicted octanol–water partition coefficient (Wildman–Crippen LogP) is 2.45. The Morgan fingerprint density at radius 3 is 2.52 bits per heavy atom. The van der Waals surface area contributed by atoms with Crippen LogP contribution in [0.4, 0.5) is 11.4 Å². The number of nitrogens with one attached hydrogen (secondary N) is 1. The van der Waals surface area contributed by atoms with Gasteiger partial charge in [-0.1, -0.05) is 30.3 Å². The number of anilines is 2. The molecule has 4 rings (SSSR count). The molecular weight excluding hydrogens is 366 g/mol. The minimum atomic E-state index is -0.0409. The minimum Gasteiger partial charge on any atom is -0.497 e. The van der Waals surface area contributed by atoms with Crippen molar-refractivity contribution in [2.45, 2.75) is 6.54 Å². The molecule has 2 aromatic carbocycles. The number of nitrogens with zero attached hydrogens (tertiary/aromatic N) is 2. The van der Waals surface area contributed by atoms with Crippen molar-refractivity contribution in [2.24, 2.45) is 0 Å². The van der Waals surface area contributed by atoms with Crippen molar-refractivity contribution < 1.29 is 14.3 Å². The number of amides is 1. The quantitative estimate of drug-likeness (QED) is 0.870. The maximum Gasteiger partial charge on any atom is 0.265 e. The highest BCUT2D eigenvalue weighted by atomic mass is 35.5. The summed E-state index contributed by atoms with van der Waals surface area (Å²) in [6, 6.07) is 13.9. The van der Waals surface area contributed by atoms with E-state index in [0.29, 0.717) is 6.54 Å². The number of benzene rings is 2. The lowest BCUT2D eigenvalue weighted by Crippen LogP contribution is -2.44. The first-order chi connectivity index (χ1) is 12.8. The van der Waals surface area contributed by atoms with Crippen molar-refractivity contribution >= 4 is 29.7 Å². The van der Waals surface area contributed by atoms with Gasteiger partial charge < -0.3 is 24.6 Å². The third kappa shape index (κ3) is 3.96. The molecule has 2 aliphatic rings. The Morgan fingerprint density at radius 1 is 1.11 bits per heavy atom. The van der Waals surface area contributed by atoms with E-state index in [1.807, 2.05) is 42.5 Å².